The average molecular weight is 328 g/mol. The Balaban J connectivity index is 2.21. The Morgan fingerprint density at radius 1 is 1.12 bits per heavy atom. The smallest absolute Gasteiger partial charge is 0.255 e. The Morgan fingerprint density at radius 2 is 1.75 bits per heavy atom. The van der Waals surface area contributed by atoms with Crippen molar-refractivity contribution in [1.82, 2.24) is 9.88 Å². The van der Waals surface area contributed by atoms with Crippen molar-refractivity contribution in [3.05, 3.63) is 53.9 Å². The topological polar surface area (TPSA) is 73.7 Å². The molecule has 1 heterocycles. The molecule has 5 heteroatoms. The van der Waals surface area contributed by atoms with E-state index < -0.39 is 5.41 Å². The second-order valence-corrected chi connectivity index (χ2v) is 6.62. The molecule has 1 aromatic carbocycles. The fourth-order valence-electron chi connectivity index (χ4n) is 2.48. The Kier molecular flexibility index (Phi) is 5.70. The van der Waals surface area contributed by atoms with Gasteiger partial charge in [0, 0.05) is 37.0 Å². The summed E-state index contributed by atoms with van der Waals surface area (Å²) in [5, 5.41) is 18.8. The van der Waals surface area contributed by atoms with Crippen molar-refractivity contribution in [1.29, 1.82) is 0 Å². The third-order valence-electron chi connectivity index (χ3n) is 4.10. The fraction of sp³-hybridized carbons (Fsp3) is 0.368. The minimum absolute atomic E-state index is 0.190. The van der Waals surface area contributed by atoms with Gasteiger partial charge in [-0.15, -0.1) is 0 Å². The number of aliphatic hydroxyl groups excluding tert-OH is 2. The molecule has 1 amide bonds. The van der Waals surface area contributed by atoms with E-state index in [1.165, 1.54) is 16.7 Å². The molecule has 0 bridgehead atoms. The number of nitrogens with zero attached hydrogens (tertiary/aromatic N) is 2. The largest absolute Gasteiger partial charge is 0.396 e. The lowest BCUT2D eigenvalue weighted by Crippen LogP contribution is -2.41. The van der Waals surface area contributed by atoms with Gasteiger partial charge in [0.05, 0.1) is 18.8 Å². The number of carbonyl (C=O) groups is 1. The molecule has 0 radical (unpaired) electrons. The van der Waals surface area contributed by atoms with Crippen LogP contribution in [-0.4, -0.2) is 52.8 Å². The molecule has 0 saturated carbocycles. The number of hydrogen-bond acceptors (Lipinski definition) is 4. The van der Waals surface area contributed by atoms with Crippen LogP contribution >= 0.6 is 0 Å². The van der Waals surface area contributed by atoms with Crippen molar-refractivity contribution in [2.45, 2.75) is 13.8 Å². The molecule has 128 valence electrons. The average Bonchev–Trinajstić information content (AvgIpc) is 2.61. The maximum absolute atomic E-state index is 12.6. The van der Waals surface area contributed by atoms with Gasteiger partial charge in [-0.25, -0.2) is 0 Å². The molecule has 0 aliphatic carbocycles. The van der Waals surface area contributed by atoms with Crippen LogP contribution in [0.15, 0.2) is 42.7 Å². The van der Waals surface area contributed by atoms with Crippen LogP contribution in [0.2, 0.25) is 0 Å². The maximum atomic E-state index is 12.6. The van der Waals surface area contributed by atoms with Crippen LogP contribution in [-0.2, 0) is 0 Å². The van der Waals surface area contributed by atoms with E-state index >= 15 is 0 Å². The lowest BCUT2D eigenvalue weighted by molar-refractivity contribution is 0.0366. The molecule has 0 spiro atoms. The molecule has 24 heavy (non-hydrogen) atoms. The van der Waals surface area contributed by atoms with Crippen LogP contribution in [0.3, 0.4) is 0 Å². The first kappa shape index (κ1) is 18.1. The van der Waals surface area contributed by atoms with Gasteiger partial charge in [0.25, 0.3) is 5.91 Å². The first-order chi connectivity index (χ1) is 11.4. The van der Waals surface area contributed by atoms with Crippen LogP contribution in [0.4, 0.5) is 0 Å². The molecule has 2 aromatic rings. The van der Waals surface area contributed by atoms with Crippen LogP contribution < -0.4 is 0 Å². The summed E-state index contributed by atoms with van der Waals surface area (Å²) < 4.78 is 0. The molecule has 5 nitrogen and oxygen atoms in total. The van der Waals surface area contributed by atoms with Crippen LogP contribution in [0.25, 0.3) is 11.1 Å². The third-order valence-corrected chi connectivity index (χ3v) is 4.10. The van der Waals surface area contributed by atoms with E-state index in [9.17, 15) is 15.0 Å². The zero-order chi connectivity index (χ0) is 17.7. The molecule has 0 atom stereocenters. The Bertz CT molecular complexity index is 694. The molecule has 0 fully saturated rings. The zero-order valence-corrected chi connectivity index (χ0v) is 14.4. The Morgan fingerprint density at radius 3 is 2.33 bits per heavy atom. The fourth-order valence-corrected chi connectivity index (χ4v) is 2.48. The van der Waals surface area contributed by atoms with Crippen LogP contribution in [0.1, 0.15) is 22.8 Å². The molecule has 2 N–H and O–H groups in total. The van der Waals surface area contributed by atoms with E-state index in [1.807, 2.05) is 37.3 Å². The van der Waals surface area contributed by atoms with Crippen molar-refractivity contribution in [3.63, 3.8) is 0 Å². The third kappa shape index (κ3) is 4.19. The van der Waals surface area contributed by atoms with E-state index in [1.54, 1.807) is 20.2 Å². The number of pyridine rings is 1. The second-order valence-electron chi connectivity index (χ2n) is 6.62. The molecule has 1 aromatic heterocycles. The Labute approximate surface area is 142 Å². The first-order valence-corrected chi connectivity index (χ1v) is 7.88. The van der Waals surface area contributed by atoms with E-state index in [0.29, 0.717) is 5.56 Å². The van der Waals surface area contributed by atoms with E-state index in [0.717, 1.165) is 11.1 Å². The van der Waals surface area contributed by atoms with Crippen LogP contribution in [0, 0.1) is 12.3 Å². The normalized spacial score (nSPS) is 11.4. The minimum atomic E-state index is -0.730. The van der Waals surface area contributed by atoms with Crippen molar-refractivity contribution in [2.24, 2.45) is 5.41 Å². The van der Waals surface area contributed by atoms with Crippen molar-refractivity contribution >= 4 is 5.91 Å². The molecule has 0 aliphatic rings. The highest BCUT2D eigenvalue weighted by Gasteiger charge is 2.27. The maximum Gasteiger partial charge on any atom is 0.255 e. The van der Waals surface area contributed by atoms with Crippen LogP contribution in [0.5, 0.6) is 0 Å². The molecule has 0 aliphatic heterocycles. The SMILES string of the molecule is Cc1ccc(-c2cncc(C(=O)N(C)CC(C)(CO)CO)c2)cc1. The number of carbonyl (C=O) groups excluding carboxylic acids is 1. The predicted molar refractivity (Wildman–Crippen MR) is 93.6 cm³/mol. The monoisotopic (exact) mass is 328 g/mol. The van der Waals surface area contributed by atoms with Gasteiger partial charge in [-0.2, -0.15) is 0 Å². The van der Waals surface area contributed by atoms with Gasteiger partial charge in [-0.1, -0.05) is 36.8 Å². The van der Waals surface area contributed by atoms with E-state index in [-0.39, 0.29) is 25.7 Å². The van der Waals surface area contributed by atoms with Gasteiger partial charge in [0.15, 0.2) is 0 Å². The molecule has 2 rings (SSSR count). The summed E-state index contributed by atoms with van der Waals surface area (Å²) in [7, 11) is 1.66. The first-order valence-electron chi connectivity index (χ1n) is 7.88. The lowest BCUT2D eigenvalue weighted by Gasteiger charge is -2.30. The van der Waals surface area contributed by atoms with Gasteiger partial charge >= 0.3 is 0 Å². The van der Waals surface area contributed by atoms with Crippen molar-refractivity contribution < 1.29 is 15.0 Å². The van der Waals surface area contributed by atoms with Crippen molar-refractivity contribution in [2.75, 3.05) is 26.8 Å². The number of aliphatic hydroxyl groups is 2. The highest BCUT2D eigenvalue weighted by molar-refractivity contribution is 5.95. The minimum Gasteiger partial charge on any atom is -0.396 e. The number of benzene rings is 1. The summed E-state index contributed by atoms with van der Waals surface area (Å²) >= 11 is 0. The number of rotatable bonds is 6. The summed E-state index contributed by atoms with van der Waals surface area (Å²) in [4.78, 5) is 18.3. The number of hydrogen-bond donors (Lipinski definition) is 2. The van der Waals surface area contributed by atoms with Gasteiger partial charge in [-0.05, 0) is 18.6 Å². The zero-order valence-electron chi connectivity index (χ0n) is 14.4. The molecular formula is C19H24N2O3. The van der Waals surface area contributed by atoms with Gasteiger partial charge in [-0.3, -0.25) is 9.78 Å². The molecule has 0 saturated heterocycles. The predicted octanol–water partition coefficient (Wildman–Crippen LogP) is 2.12. The molecule has 0 unspecified atom stereocenters. The quantitative estimate of drug-likeness (QED) is 0.852. The summed E-state index contributed by atoms with van der Waals surface area (Å²) in [5.41, 5.74) is 2.80. The highest BCUT2D eigenvalue weighted by atomic mass is 16.3. The number of aryl methyl sites for hydroxylation is 1. The van der Waals surface area contributed by atoms with E-state index in [4.69, 9.17) is 0 Å². The summed E-state index contributed by atoms with van der Waals surface area (Å²) in [6.07, 6.45) is 3.26. The summed E-state index contributed by atoms with van der Waals surface area (Å²) in [5.74, 6) is -0.190. The van der Waals surface area contributed by atoms with Gasteiger partial charge in [0.2, 0.25) is 0 Å². The van der Waals surface area contributed by atoms with Gasteiger partial charge in [0.1, 0.15) is 0 Å². The highest BCUT2D eigenvalue weighted by Crippen LogP contribution is 2.21. The van der Waals surface area contributed by atoms with Crippen molar-refractivity contribution in [3.8, 4) is 11.1 Å². The second kappa shape index (κ2) is 7.55. The van der Waals surface area contributed by atoms with Gasteiger partial charge < -0.3 is 15.1 Å². The standard InChI is InChI=1S/C19H24N2O3/c1-14-4-6-15(7-5-14)16-8-17(10-20-9-16)18(24)21(3)11-19(2,12-22)13-23/h4-10,22-23H,11-13H2,1-3H3. The number of amides is 1. The number of aromatic nitrogens is 1. The summed E-state index contributed by atoms with van der Waals surface area (Å²) in [6, 6.07) is 9.84. The molecular weight excluding hydrogens is 304 g/mol. The summed E-state index contributed by atoms with van der Waals surface area (Å²) in [6.45, 7) is 3.63. The van der Waals surface area contributed by atoms with E-state index in [2.05, 4.69) is 4.98 Å². The lowest BCUT2D eigenvalue weighted by atomic mass is 9.92. The Hall–Kier alpha value is -2.24.